The van der Waals surface area contributed by atoms with Crippen molar-refractivity contribution in [1.29, 1.82) is 0 Å². The predicted molar refractivity (Wildman–Crippen MR) is 55.0 cm³/mol. The van der Waals surface area contributed by atoms with Gasteiger partial charge in [0.05, 0.1) is 7.11 Å². The van der Waals surface area contributed by atoms with E-state index in [-0.39, 0.29) is 11.7 Å². The van der Waals surface area contributed by atoms with E-state index >= 15 is 0 Å². The number of hydroxylamine groups is 2. The van der Waals surface area contributed by atoms with Crippen molar-refractivity contribution in [2.75, 3.05) is 14.2 Å². The fourth-order valence-corrected chi connectivity index (χ4v) is 1.31. The van der Waals surface area contributed by atoms with Crippen LogP contribution in [0.5, 0.6) is 0 Å². The summed E-state index contributed by atoms with van der Waals surface area (Å²) in [7, 11) is 2.87. The topological polar surface area (TPSA) is 29.5 Å². The Labute approximate surface area is 88.4 Å². The van der Waals surface area contributed by atoms with Gasteiger partial charge in [-0.05, 0) is 31.0 Å². The third-order valence-corrected chi connectivity index (χ3v) is 2.30. The van der Waals surface area contributed by atoms with Crippen LogP contribution in [0.25, 0.3) is 0 Å². The minimum atomic E-state index is -0.381. The summed E-state index contributed by atoms with van der Waals surface area (Å²) in [4.78, 5) is 16.4. The Morgan fingerprint density at radius 2 is 1.93 bits per heavy atom. The average molecular weight is 211 g/mol. The lowest BCUT2D eigenvalue weighted by atomic mass is 10.0. The number of amides is 1. The number of hydrogen-bond acceptors (Lipinski definition) is 2. The zero-order chi connectivity index (χ0) is 11.6. The van der Waals surface area contributed by atoms with Gasteiger partial charge >= 0.3 is 0 Å². The molecule has 1 amide bonds. The number of carbonyl (C=O) groups excluding carboxylic acids is 1. The third-order valence-electron chi connectivity index (χ3n) is 2.30. The van der Waals surface area contributed by atoms with Crippen molar-refractivity contribution in [2.24, 2.45) is 0 Å². The van der Waals surface area contributed by atoms with Crippen molar-refractivity contribution in [1.82, 2.24) is 5.06 Å². The zero-order valence-corrected chi connectivity index (χ0v) is 9.30. The molecule has 1 rings (SSSR count). The van der Waals surface area contributed by atoms with Crippen molar-refractivity contribution < 1.29 is 14.0 Å². The molecule has 0 unspecified atom stereocenters. The highest BCUT2D eigenvalue weighted by Crippen LogP contribution is 2.16. The van der Waals surface area contributed by atoms with Crippen LogP contribution in [-0.2, 0) is 4.84 Å². The quantitative estimate of drug-likeness (QED) is 0.701. The van der Waals surface area contributed by atoms with Crippen LogP contribution in [0.15, 0.2) is 12.1 Å². The number of hydrogen-bond donors (Lipinski definition) is 0. The summed E-state index contributed by atoms with van der Waals surface area (Å²) in [6.45, 7) is 3.43. The Hall–Kier alpha value is -1.42. The first kappa shape index (κ1) is 11.7. The molecule has 0 radical (unpaired) electrons. The molecular weight excluding hydrogens is 197 g/mol. The number of rotatable bonds is 2. The van der Waals surface area contributed by atoms with Gasteiger partial charge in [-0.1, -0.05) is 6.07 Å². The molecule has 0 atom stereocenters. The summed E-state index contributed by atoms with van der Waals surface area (Å²) in [5.74, 6) is -0.734. The molecule has 82 valence electrons. The number of carbonyl (C=O) groups is 1. The van der Waals surface area contributed by atoms with Gasteiger partial charge < -0.3 is 0 Å². The lowest BCUT2D eigenvalue weighted by molar-refractivity contribution is -0.0757. The number of nitrogens with zero attached hydrogens (tertiary/aromatic N) is 1. The molecule has 1 aromatic rings. The molecule has 0 heterocycles. The number of aryl methyl sites for hydroxylation is 2. The fraction of sp³-hybridized carbons (Fsp3) is 0.364. The predicted octanol–water partition coefficient (Wildman–Crippen LogP) is 2.08. The summed E-state index contributed by atoms with van der Waals surface area (Å²) in [6, 6.07) is 2.88. The van der Waals surface area contributed by atoms with Crippen molar-refractivity contribution in [3.05, 3.63) is 34.6 Å². The molecule has 0 aliphatic rings. The van der Waals surface area contributed by atoms with Gasteiger partial charge in [-0.2, -0.15) is 0 Å². The SMILES string of the molecule is CON(C)C(=O)c1cc(F)c(C)cc1C. The van der Waals surface area contributed by atoms with Gasteiger partial charge in [0.1, 0.15) is 5.82 Å². The van der Waals surface area contributed by atoms with Crippen LogP contribution in [0.1, 0.15) is 21.5 Å². The molecule has 0 bridgehead atoms. The van der Waals surface area contributed by atoms with Gasteiger partial charge in [-0.3, -0.25) is 9.63 Å². The maximum absolute atomic E-state index is 13.3. The van der Waals surface area contributed by atoms with Crippen molar-refractivity contribution in [2.45, 2.75) is 13.8 Å². The Morgan fingerprint density at radius 3 is 2.47 bits per heavy atom. The van der Waals surface area contributed by atoms with Crippen molar-refractivity contribution in [3.63, 3.8) is 0 Å². The Kier molecular flexibility index (Phi) is 3.42. The lowest BCUT2D eigenvalue weighted by Crippen LogP contribution is -2.26. The highest BCUT2D eigenvalue weighted by atomic mass is 19.1. The van der Waals surface area contributed by atoms with Gasteiger partial charge in [0.2, 0.25) is 0 Å². The highest BCUT2D eigenvalue weighted by Gasteiger charge is 2.15. The van der Waals surface area contributed by atoms with Crippen LogP contribution in [0.2, 0.25) is 0 Å². The largest absolute Gasteiger partial charge is 0.277 e. The van der Waals surface area contributed by atoms with E-state index in [1.807, 2.05) is 0 Å². The highest BCUT2D eigenvalue weighted by molar-refractivity contribution is 5.94. The Balaban J connectivity index is 3.15. The molecular formula is C11H14FNO2. The minimum Gasteiger partial charge on any atom is -0.274 e. The average Bonchev–Trinajstić information content (AvgIpc) is 2.21. The molecule has 3 nitrogen and oxygen atoms in total. The molecule has 0 aliphatic carbocycles. The first-order valence-electron chi connectivity index (χ1n) is 4.56. The van der Waals surface area contributed by atoms with E-state index in [4.69, 9.17) is 4.84 Å². The van der Waals surface area contributed by atoms with Crippen LogP contribution in [-0.4, -0.2) is 25.1 Å². The van der Waals surface area contributed by atoms with Crippen LogP contribution in [0.4, 0.5) is 4.39 Å². The molecule has 0 saturated carbocycles. The summed E-state index contributed by atoms with van der Waals surface area (Å²) in [6.07, 6.45) is 0. The second-order valence-electron chi connectivity index (χ2n) is 3.40. The van der Waals surface area contributed by atoms with Crippen LogP contribution >= 0.6 is 0 Å². The molecule has 4 heteroatoms. The second-order valence-corrected chi connectivity index (χ2v) is 3.40. The van der Waals surface area contributed by atoms with Crippen molar-refractivity contribution >= 4 is 5.91 Å². The maximum atomic E-state index is 13.3. The second kappa shape index (κ2) is 4.40. The van der Waals surface area contributed by atoms with E-state index in [1.165, 1.54) is 20.2 Å². The maximum Gasteiger partial charge on any atom is 0.277 e. The first-order valence-corrected chi connectivity index (χ1v) is 4.56. The van der Waals surface area contributed by atoms with E-state index < -0.39 is 0 Å². The van der Waals surface area contributed by atoms with Crippen molar-refractivity contribution in [3.8, 4) is 0 Å². The van der Waals surface area contributed by atoms with E-state index in [0.717, 1.165) is 10.6 Å². The summed E-state index contributed by atoms with van der Waals surface area (Å²) in [5.41, 5.74) is 1.59. The molecule has 0 saturated heterocycles. The zero-order valence-electron chi connectivity index (χ0n) is 9.30. The van der Waals surface area contributed by atoms with Crippen LogP contribution in [0.3, 0.4) is 0 Å². The molecule has 1 aromatic carbocycles. The Bertz CT molecular complexity index is 390. The smallest absolute Gasteiger partial charge is 0.274 e. The molecule has 0 aliphatic heterocycles. The van der Waals surface area contributed by atoms with E-state index in [0.29, 0.717) is 11.1 Å². The molecule has 0 spiro atoms. The molecule has 0 aromatic heterocycles. The van der Waals surface area contributed by atoms with E-state index in [2.05, 4.69) is 0 Å². The lowest BCUT2D eigenvalue weighted by Gasteiger charge is -2.15. The standard InChI is InChI=1S/C11H14FNO2/c1-7-5-8(2)10(12)6-9(7)11(14)13(3)15-4/h5-6H,1-4H3. The van der Waals surface area contributed by atoms with Crippen LogP contribution in [0, 0.1) is 19.7 Å². The van der Waals surface area contributed by atoms with Gasteiger partial charge in [0, 0.05) is 12.6 Å². The number of halogens is 1. The fourth-order valence-electron chi connectivity index (χ4n) is 1.31. The number of benzene rings is 1. The van der Waals surface area contributed by atoms with Crippen LogP contribution < -0.4 is 0 Å². The van der Waals surface area contributed by atoms with Gasteiger partial charge in [-0.15, -0.1) is 0 Å². The Morgan fingerprint density at radius 1 is 1.33 bits per heavy atom. The van der Waals surface area contributed by atoms with Gasteiger partial charge in [0.15, 0.2) is 0 Å². The molecule has 15 heavy (non-hydrogen) atoms. The third kappa shape index (κ3) is 2.33. The van der Waals surface area contributed by atoms with E-state index in [1.54, 1.807) is 19.9 Å². The summed E-state index contributed by atoms with van der Waals surface area (Å²) in [5, 5.41) is 1.07. The molecule has 0 fully saturated rings. The molecule has 0 N–H and O–H groups in total. The van der Waals surface area contributed by atoms with Gasteiger partial charge in [0.25, 0.3) is 5.91 Å². The summed E-state index contributed by atoms with van der Waals surface area (Å²) < 4.78 is 13.3. The normalized spacial score (nSPS) is 10.2. The van der Waals surface area contributed by atoms with Gasteiger partial charge in [-0.25, -0.2) is 9.45 Å². The minimum absolute atomic E-state index is 0.322. The monoisotopic (exact) mass is 211 g/mol. The summed E-state index contributed by atoms with van der Waals surface area (Å²) >= 11 is 0. The van der Waals surface area contributed by atoms with E-state index in [9.17, 15) is 9.18 Å². The first-order chi connectivity index (χ1) is 6.97.